The summed E-state index contributed by atoms with van der Waals surface area (Å²) in [6.07, 6.45) is 3.57. The lowest BCUT2D eigenvalue weighted by Crippen LogP contribution is -2.38. The number of aryl methyl sites for hydroxylation is 1. The number of anilines is 1. The van der Waals surface area contributed by atoms with Crippen LogP contribution in [0, 0.1) is 0 Å². The minimum Gasteiger partial charge on any atom is -0.494 e. The standard InChI is InChI=1S/C31H35N5O4/c1-7-20-12-11-19(13-21(20)8-2)18-33-28-25(17-32)26(22-14-23(39-9-3)16-24(15-22)40-10-4)27-29(34-28)35(5)31(38)36(6)30(27)37/h7-8,11-16H,1-2,9-10,17-18,32H2,3-6H3,(H,33,34). The molecule has 0 aliphatic heterocycles. The lowest BCUT2D eigenvalue weighted by Gasteiger charge is -2.20. The van der Waals surface area contributed by atoms with Crippen molar-refractivity contribution < 1.29 is 9.47 Å². The molecule has 9 heteroatoms. The van der Waals surface area contributed by atoms with Crippen LogP contribution < -0.4 is 31.8 Å². The first-order chi connectivity index (χ1) is 19.3. The highest BCUT2D eigenvalue weighted by atomic mass is 16.5. The summed E-state index contributed by atoms with van der Waals surface area (Å²) in [5.74, 6) is 1.65. The molecule has 0 unspecified atom stereocenters. The molecule has 208 valence electrons. The average molecular weight is 542 g/mol. The van der Waals surface area contributed by atoms with Gasteiger partial charge >= 0.3 is 5.69 Å². The molecule has 0 aliphatic rings. The van der Waals surface area contributed by atoms with Gasteiger partial charge in [0.05, 0.1) is 18.6 Å². The van der Waals surface area contributed by atoms with Gasteiger partial charge in [-0.2, -0.15) is 0 Å². The maximum atomic E-state index is 13.6. The van der Waals surface area contributed by atoms with Gasteiger partial charge in [0.1, 0.15) is 17.3 Å². The van der Waals surface area contributed by atoms with Crippen LogP contribution in [0.15, 0.2) is 59.1 Å². The van der Waals surface area contributed by atoms with E-state index in [2.05, 4.69) is 18.5 Å². The van der Waals surface area contributed by atoms with Crippen molar-refractivity contribution in [3.63, 3.8) is 0 Å². The third kappa shape index (κ3) is 5.28. The second kappa shape index (κ2) is 12.0. The quantitative estimate of drug-likeness (QED) is 0.288. The van der Waals surface area contributed by atoms with Gasteiger partial charge in [0.15, 0.2) is 5.65 Å². The van der Waals surface area contributed by atoms with Crippen LogP contribution in [0.5, 0.6) is 11.5 Å². The summed E-state index contributed by atoms with van der Waals surface area (Å²) in [4.78, 5) is 31.2. The minimum absolute atomic E-state index is 0.0861. The van der Waals surface area contributed by atoms with Gasteiger partial charge in [0, 0.05) is 44.4 Å². The fourth-order valence-corrected chi connectivity index (χ4v) is 4.79. The molecule has 0 fully saturated rings. The van der Waals surface area contributed by atoms with E-state index in [9.17, 15) is 9.59 Å². The Hall–Kier alpha value is -4.63. The molecule has 3 N–H and O–H groups in total. The van der Waals surface area contributed by atoms with E-state index in [1.165, 1.54) is 11.6 Å². The summed E-state index contributed by atoms with van der Waals surface area (Å²) in [5.41, 5.74) is 10.5. The van der Waals surface area contributed by atoms with Crippen molar-refractivity contribution in [1.82, 2.24) is 14.1 Å². The molecule has 40 heavy (non-hydrogen) atoms. The number of nitrogens with one attached hydrogen (secondary N) is 1. The fraction of sp³-hybridized carbons (Fsp3) is 0.258. The first-order valence-corrected chi connectivity index (χ1v) is 13.1. The molecular weight excluding hydrogens is 506 g/mol. The maximum absolute atomic E-state index is 13.6. The van der Waals surface area contributed by atoms with Crippen molar-refractivity contribution in [2.45, 2.75) is 26.9 Å². The van der Waals surface area contributed by atoms with Gasteiger partial charge < -0.3 is 20.5 Å². The predicted octanol–water partition coefficient (Wildman–Crippen LogP) is 4.45. The SMILES string of the molecule is C=Cc1ccc(CNc2nc3c(c(-c4cc(OCC)cc(OCC)c4)c2CN)c(=O)n(C)c(=O)n3C)cc1C=C. The van der Waals surface area contributed by atoms with Crippen LogP contribution in [0.4, 0.5) is 5.82 Å². The molecule has 0 radical (unpaired) electrons. The largest absolute Gasteiger partial charge is 0.494 e. The summed E-state index contributed by atoms with van der Waals surface area (Å²) >= 11 is 0. The third-order valence-corrected chi connectivity index (χ3v) is 6.73. The normalized spacial score (nSPS) is 10.9. The Kier molecular flexibility index (Phi) is 8.55. The summed E-state index contributed by atoms with van der Waals surface area (Å²) in [6.45, 7) is 13.0. The molecule has 4 rings (SSSR count). The maximum Gasteiger partial charge on any atom is 0.332 e. The zero-order chi connectivity index (χ0) is 29.0. The fourth-order valence-electron chi connectivity index (χ4n) is 4.79. The summed E-state index contributed by atoms with van der Waals surface area (Å²) in [6, 6.07) is 11.5. The van der Waals surface area contributed by atoms with Gasteiger partial charge in [0.2, 0.25) is 0 Å². The van der Waals surface area contributed by atoms with Crippen LogP contribution in [-0.2, 0) is 27.2 Å². The van der Waals surface area contributed by atoms with Crippen molar-refractivity contribution >= 4 is 29.0 Å². The van der Waals surface area contributed by atoms with Crippen molar-refractivity contribution in [1.29, 1.82) is 0 Å². The number of nitrogens with two attached hydrogens (primary N) is 1. The Morgan fingerprint density at radius 2 is 1.60 bits per heavy atom. The molecule has 9 nitrogen and oxygen atoms in total. The van der Waals surface area contributed by atoms with Crippen LogP contribution in [0.3, 0.4) is 0 Å². The van der Waals surface area contributed by atoms with E-state index in [-0.39, 0.29) is 17.6 Å². The minimum atomic E-state index is -0.476. The number of aromatic nitrogens is 3. The Balaban J connectivity index is 2.00. The number of fused-ring (bicyclic) bond motifs is 1. The molecule has 2 aromatic heterocycles. The van der Waals surface area contributed by atoms with Crippen LogP contribution in [-0.4, -0.2) is 27.3 Å². The molecule has 2 aromatic carbocycles. The summed E-state index contributed by atoms with van der Waals surface area (Å²) in [7, 11) is 3.05. The van der Waals surface area contributed by atoms with Gasteiger partial charge in [-0.15, -0.1) is 0 Å². The molecule has 2 heterocycles. The highest BCUT2D eigenvalue weighted by molar-refractivity contribution is 5.97. The molecule has 0 aliphatic carbocycles. The van der Waals surface area contributed by atoms with E-state index in [1.807, 2.05) is 44.2 Å². The highest BCUT2D eigenvalue weighted by Gasteiger charge is 2.23. The first-order valence-electron chi connectivity index (χ1n) is 13.1. The molecule has 0 spiro atoms. The van der Waals surface area contributed by atoms with Crippen molar-refractivity contribution in [3.8, 4) is 22.6 Å². The smallest absolute Gasteiger partial charge is 0.332 e. The molecular formula is C31H35N5O4. The average Bonchev–Trinajstić information content (AvgIpc) is 2.96. The summed E-state index contributed by atoms with van der Waals surface area (Å²) in [5, 5.41) is 3.68. The van der Waals surface area contributed by atoms with Gasteiger partial charge in [-0.1, -0.05) is 37.4 Å². The number of nitrogens with zero attached hydrogens (tertiary/aromatic N) is 3. The van der Waals surface area contributed by atoms with E-state index < -0.39 is 11.2 Å². The molecule has 0 saturated carbocycles. The molecule has 0 saturated heterocycles. The predicted molar refractivity (Wildman–Crippen MR) is 162 cm³/mol. The molecule has 0 atom stereocenters. The number of rotatable bonds is 11. The zero-order valence-corrected chi connectivity index (χ0v) is 23.4. The second-order valence-corrected chi connectivity index (χ2v) is 9.21. The number of pyridine rings is 1. The van der Waals surface area contributed by atoms with Gasteiger partial charge in [-0.25, -0.2) is 9.78 Å². The van der Waals surface area contributed by atoms with Gasteiger partial charge in [0.25, 0.3) is 5.56 Å². The monoisotopic (exact) mass is 541 g/mol. The second-order valence-electron chi connectivity index (χ2n) is 9.21. The van der Waals surface area contributed by atoms with E-state index in [0.29, 0.717) is 53.8 Å². The van der Waals surface area contributed by atoms with Crippen molar-refractivity contribution in [3.05, 3.63) is 92.6 Å². The Morgan fingerprint density at radius 3 is 2.17 bits per heavy atom. The topological polar surface area (TPSA) is 113 Å². The lowest BCUT2D eigenvalue weighted by molar-refractivity contribution is 0.323. The number of hydrogen-bond acceptors (Lipinski definition) is 7. The Bertz CT molecular complexity index is 1690. The van der Waals surface area contributed by atoms with E-state index in [0.717, 1.165) is 21.3 Å². The summed E-state index contributed by atoms with van der Waals surface area (Å²) < 4.78 is 14.1. The van der Waals surface area contributed by atoms with E-state index in [1.54, 1.807) is 25.3 Å². The first kappa shape index (κ1) is 28.4. The van der Waals surface area contributed by atoms with Crippen LogP contribution in [0.25, 0.3) is 34.3 Å². The Labute approximate surface area is 233 Å². The third-order valence-electron chi connectivity index (χ3n) is 6.73. The Morgan fingerprint density at radius 1 is 0.950 bits per heavy atom. The van der Waals surface area contributed by atoms with E-state index in [4.69, 9.17) is 20.2 Å². The van der Waals surface area contributed by atoms with Crippen LogP contribution in [0.2, 0.25) is 0 Å². The van der Waals surface area contributed by atoms with Crippen LogP contribution in [0.1, 0.15) is 36.1 Å². The van der Waals surface area contributed by atoms with Crippen LogP contribution >= 0.6 is 0 Å². The number of ether oxygens (including phenoxy) is 2. The highest BCUT2D eigenvalue weighted by Crippen LogP contribution is 2.37. The lowest BCUT2D eigenvalue weighted by atomic mass is 9.96. The molecule has 0 bridgehead atoms. The molecule has 0 amide bonds. The van der Waals surface area contributed by atoms with E-state index >= 15 is 0 Å². The zero-order valence-electron chi connectivity index (χ0n) is 23.4. The van der Waals surface area contributed by atoms with Gasteiger partial charge in [-0.05, 0) is 54.3 Å². The number of hydrogen-bond donors (Lipinski definition) is 2. The van der Waals surface area contributed by atoms with Gasteiger partial charge in [-0.3, -0.25) is 13.9 Å². The van der Waals surface area contributed by atoms with Crippen molar-refractivity contribution in [2.75, 3.05) is 18.5 Å². The molecule has 4 aromatic rings. The van der Waals surface area contributed by atoms with Crippen molar-refractivity contribution in [2.24, 2.45) is 19.8 Å². The number of benzene rings is 2.